The van der Waals surface area contributed by atoms with Gasteiger partial charge in [-0.2, -0.15) is 0 Å². The molecule has 3 aromatic rings. The molecule has 0 radical (unpaired) electrons. The third-order valence-corrected chi connectivity index (χ3v) is 8.89. The molecule has 252 valence electrons. The van der Waals surface area contributed by atoms with Crippen LogP contribution in [0.1, 0.15) is 51.8 Å². The van der Waals surface area contributed by atoms with Crippen LogP contribution in [0.25, 0.3) is 0 Å². The second kappa shape index (κ2) is 16.4. The van der Waals surface area contributed by atoms with E-state index in [9.17, 15) is 24.3 Å². The number of carbonyl (C=O) groups excluding carboxylic acids is 4. The van der Waals surface area contributed by atoms with E-state index in [0.29, 0.717) is 19.4 Å². The minimum atomic E-state index is -1.03. The van der Waals surface area contributed by atoms with Crippen molar-refractivity contribution >= 4 is 36.0 Å². The van der Waals surface area contributed by atoms with Crippen molar-refractivity contribution in [2.75, 3.05) is 6.54 Å². The van der Waals surface area contributed by atoms with Gasteiger partial charge in [-0.3, -0.25) is 19.2 Å². The average Bonchev–Trinajstić information content (AvgIpc) is 3.50. The Morgan fingerprint density at radius 1 is 0.830 bits per heavy atom. The first-order valence-electron chi connectivity index (χ1n) is 15.7. The lowest BCUT2D eigenvalue weighted by atomic mass is 9.95. The molecule has 3 aromatic carbocycles. The average molecular weight is 664 g/mol. The molecule has 4 amide bonds. The van der Waals surface area contributed by atoms with Gasteiger partial charge in [0.25, 0.3) is 0 Å². The van der Waals surface area contributed by atoms with Crippen molar-refractivity contribution in [1.82, 2.24) is 15.5 Å². The summed E-state index contributed by atoms with van der Waals surface area (Å²) >= 11 is 0. The quantitative estimate of drug-likeness (QED) is 0.200. The zero-order chi connectivity index (χ0) is 33.5. The third kappa shape index (κ3) is 9.33. The van der Waals surface area contributed by atoms with Crippen LogP contribution in [-0.4, -0.2) is 64.3 Å². The second-order valence-corrected chi connectivity index (χ2v) is 12.3. The van der Waals surface area contributed by atoms with Crippen molar-refractivity contribution in [1.29, 1.82) is 0 Å². The van der Waals surface area contributed by atoms with Crippen LogP contribution in [0, 0.1) is 27.7 Å². The molecule has 10 nitrogen and oxygen atoms in total. The number of phenolic OH excluding ortho intramolecular Hbond substituents is 1. The van der Waals surface area contributed by atoms with Gasteiger partial charge in [0, 0.05) is 19.4 Å². The van der Waals surface area contributed by atoms with E-state index in [4.69, 9.17) is 11.5 Å². The monoisotopic (exact) mass is 663 g/mol. The summed E-state index contributed by atoms with van der Waals surface area (Å²) < 4.78 is 0. The molecule has 1 heterocycles. The Morgan fingerprint density at radius 2 is 1.43 bits per heavy atom. The summed E-state index contributed by atoms with van der Waals surface area (Å²) in [5.41, 5.74) is 18.3. The fraction of sp³-hybridized carbons (Fsp3) is 0.389. The van der Waals surface area contributed by atoms with Gasteiger partial charge in [0.2, 0.25) is 23.6 Å². The van der Waals surface area contributed by atoms with Gasteiger partial charge in [0.05, 0.1) is 6.04 Å². The number of aromatic hydroxyl groups is 1. The molecular formula is C36H46ClN5O5. The van der Waals surface area contributed by atoms with Crippen LogP contribution in [0.15, 0.2) is 60.7 Å². The molecule has 0 spiro atoms. The van der Waals surface area contributed by atoms with E-state index in [-0.39, 0.29) is 43.3 Å². The topological polar surface area (TPSA) is 168 Å². The molecule has 11 heteroatoms. The van der Waals surface area contributed by atoms with Crippen molar-refractivity contribution in [3.05, 3.63) is 99.6 Å². The number of amides is 4. The molecule has 47 heavy (non-hydrogen) atoms. The molecule has 1 aliphatic rings. The largest absolute Gasteiger partial charge is 0.508 e. The summed E-state index contributed by atoms with van der Waals surface area (Å²) in [6.45, 7) is 7.96. The number of aryl methyl sites for hydroxylation is 4. The predicted octanol–water partition coefficient (Wildman–Crippen LogP) is 2.85. The Bertz CT molecular complexity index is 1550. The van der Waals surface area contributed by atoms with Crippen LogP contribution in [0.2, 0.25) is 0 Å². The molecule has 0 aromatic heterocycles. The second-order valence-electron chi connectivity index (χ2n) is 12.3. The van der Waals surface area contributed by atoms with E-state index in [2.05, 4.69) is 10.6 Å². The number of nitrogens with one attached hydrogen (secondary N) is 2. The number of hydrogen-bond donors (Lipinski definition) is 5. The number of likely N-dealkylation sites (tertiary alicyclic amines) is 1. The van der Waals surface area contributed by atoms with E-state index in [1.165, 1.54) is 4.90 Å². The molecule has 4 atom stereocenters. The van der Waals surface area contributed by atoms with E-state index >= 15 is 0 Å². The SMILES string of the molecule is Cc1cccc(C)c1C[C@H](NC(=O)[C@@H]1CCCN1C(=O)[C@@H](N)Cc1c(C)cc(O)cc1C)C(=O)N[C@@H](Cc1ccccc1)C(N)=O.Cl. The van der Waals surface area contributed by atoms with Crippen LogP contribution in [0.3, 0.4) is 0 Å². The Kier molecular flexibility index (Phi) is 12.9. The molecule has 7 N–H and O–H groups in total. The van der Waals surface area contributed by atoms with E-state index in [1.54, 1.807) is 12.1 Å². The Labute approximate surface area is 282 Å². The van der Waals surface area contributed by atoms with Gasteiger partial charge in [-0.15, -0.1) is 12.4 Å². The van der Waals surface area contributed by atoms with Crippen LogP contribution >= 0.6 is 12.4 Å². The van der Waals surface area contributed by atoms with Crippen molar-refractivity contribution in [2.45, 2.75) is 84.0 Å². The lowest BCUT2D eigenvalue weighted by molar-refractivity contribution is -0.140. The van der Waals surface area contributed by atoms with Crippen LogP contribution in [0.5, 0.6) is 5.75 Å². The molecule has 1 fully saturated rings. The highest BCUT2D eigenvalue weighted by molar-refractivity contribution is 5.95. The standard InChI is InChI=1S/C36H45N5O5.ClH/c1-21-10-8-11-22(2)28(21)20-31(34(44)39-30(33(38)43)18-25-12-6-5-7-13-25)40-35(45)32-14-9-15-41(32)36(46)29(37)19-27-23(3)16-26(42)17-24(27)4;/h5-8,10-13,16-17,29-32,42H,9,14-15,18-20,37H2,1-4H3,(H2,38,43)(H,39,44)(H,40,45);1H/t29-,30-,31-,32-;/m0./s1. The zero-order valence-electron chi connectivity index (χ0n) is 27.4. The number of primary amides is 1. The van der Waals surface area contributed by atoms with Crippen LogP contribution < -0.4 is 22.1 Å². The molecule has 1 aliphatic heterocycles. The highest BCUT2D eigenvalue weighted by Crippen LogP contribution is 2.24. The number of benzene rings is 3. The van der Waals surface area contributed by atoms with Crippen molar-refractivity contribution in [3.8, 4) is 5.75 Å². The number of nitrogens with two attached hydrogens (primary N) is 2. The maximum Gasteiger partial charge on any atom is 0.243 e. The van der Waals surface area contributed by atoms with E-state index in [1.807, 2.05) is 76.2 Å². The van der Waals surface area contributed by atoms with Gasteiger partial charge in [-0.25, -0.2) is 0 Å². The van der Waals surface area contributed by atoms with Crippen LogP contribution in [0.4, 0.5) is 0 Å². The maximum absolute atomic E-state index is 13.8. The molecule has 0 aliphatic carbocycles. The fourth-order valence-electron chi connectivity index (χ4n) is 6.31. The molecule has 0 saturated carbocycles. The molecule has 0 unspecified atom stereocenters. The molecule has 0 bridgehead atoms. The summed E-state index contributed by atoms with van der Waals surface area (Å²) in [4.78, 5) is 55.1. The van der Waals surface area contributed by atoms with Gasteiger partial charge in [0.1, 0.15) is 23.9 Å². The van der Waals surface area contributed by atoms with E-state index < -0.39 is 41.9 Å². The Balaban J connectivity index is 0.00000600. The number of nitrogens with zero attached hydrogens (tertiary/aromatic N) is 1. The van der Waals surface area contributed by atoms with Gasteiger partial charge >= 0.3 is 0 Å². The molecule has 4 rings (SSSR count). The third-order valence-electron chi connectivity index (χ3n) is 8.89. The zero-order valence-corrected chi connectivity index (χ0v) is 28.2. The molecular weight excluding hydrogens is 618 g/mol. The summed E-state index contributed by atoms with van der Waals surface area (Å²) in [6, 6.07) is 14.6. The number of rotatable bonds is 12. The fourth-order valence-corrected chi connectivity index (χ4v) is 6.31. The van der Waals surface area contributed by atoms with Gasteiger partial charge in [-0.1, -0.05) is 48.5 Å². The van der Waals surface area contributed by atoms with Crippen molar-refractivity contribution < 1.29 is 24.3 Å². The van der Waals surface area contributed by atoms with Gasteiger partial charge in [-0.05, 0) is 98.0 Å². The number of carbonyl (C=O) groups is 4. The lowest BCUT2D eigenvalue weighted by Crippen LogP contribution is -2.58. The minimum Gasteiger partial charge on any atom is -0.508 e. The van der Waals surface area contributed by atoms with Crippen molar-refractivity contribution in [2.24, 2.45) is 11.5 Å². The first-order valence-corrected chi connectivity index (χ1v) is 15.7. The maximum atomic E-state index is 13.8. The van der Waals surface area contributed by atoms with Crippen molar-refractivity contribution in [3.63, 3.8) is 0 Å². The molecule has 1 saturated heterocycles. The smallest absolute Gasteiger partial charge is 0.243 e. The highest BCUT2D eigenvalue weighted by atomic mass is 35.5. The van der Waals surface area contributed by atoms with Gasteiger partial charge < -0.3 is 32.1 Å². The minimum absolute atomic E-state index is 0. The van der Waals surface area contributed by atoms with Crippen LogP contribution in [-0.2, 0) is 38.4 Å². The number of phenols is 1. The first-order chi connectivity index (χ1) is 21.8. The summed E-state index contributed by atoms with van der Waals surface area (Å²) in [6.07, 6.45) is 1.69. The first kappa shape index (κ1) is 37.1. The lowest BCUT2D eigenvalue weighted by Gasteiger charge is -2.29. The predicted molar refractivity (Wildman–Crippen MR) is 184 cm³/mol. The summed E-state index contributed by atoms with van der Waals surface area (Å²) in [5, 5.41) is 15.6. The highest BCUT2D eigenvalue weighted by Gasteiger charge is 2.38. The normalized spacial score (nSPS) is 16.0. The summed E-state index contributed by atoms with van der Waals surface area (Å²) in [5.74, 6) is -1.88. The van der Waals surface area contributed by atoms with E-state index in [0.717, 1.165) is 38.9 Å². The Morgan fingerprint density at radius 3 is 2.02 bits per heavy atom. The Hall–Kier alpha value is -4.41. The van der Waals surface area contributed by atoms with Gasteiger partial charge in [0.15, 0.2) is 0 Å². The summed E-state index contributed by atoms with van der Waals surface area (Å²) in [7, 11) is 0. The number of hydrogen-bond acceptors (Lipinski definition) is 6. The number of halogens is 1.